The zero-order valence-electron chi connectivity index (χ0n) is 13.2. The molecule has 0 aliphatic heterocycles. The van der Waals surface area contributed by atoms with E-state index in [-0.39, 0.29) is 17.4 Å². The quantitative estimate of drug-likeness (QED) is 0.374. The lowest BCUT2D eigenvalue weighted by Gasteiger charge is -2.32. The van der Waals surface area contributed by atoms with Crippen molar-refractivity contribution in [2.75, 3.05) is 5.75 Å². The Kier molecular flexibility index (Phi) is 6.41. The SMILES string of the molecule is CCCCSc1c(C(F)(C(F)(F)F)C(F)(F)F)ccc(C(=O)O)c1C. The van der Waals surface area contributed by atoms with Crippen molar-refractivity contribution < 1.29 is 40.6 Å². The maximum atomic E-state index is 14.4. The second-order valence-corrected chi connectivity index (χ2v) is 6.38. The first kappa shape index (κ1) is 21.6. The van der Waals surface area contributed by atoms with Gasteiger partial charge in [0.15, 0.2) is 0 Å². The van der Waals surface area contributed by atoms with Gasteiger partial charge in [0.25, 0.3) is 0 Å². The summed E-state index contributed by atoms with van der Waals surface area (Å²) in [6, 6.07) is 0.814. The van der Waals surface area contributed by atoms with Crippen LogP contribution >= 0.6 is 11.8 Å². The number of halogens is 7. The summed E-state index contributed by atoms with van der Waals surface area (Å²) in [4.78, 5) is 10.5. The van der Waals surface area contributed by atoms with Gasteiger partial charge in [-0.25, -0.2) is 9.18 Å². The smallest absolute Gasteiger partial charge is 0.435 e. The topological polar surface area (TPSA) is 37.3 Å². The van der Waals surface area contributed by atoms with Crippen molar-refractivity contribution >= 4 is 17.7 Å². The lowest BCUT2D eigenvalue weighted by atomic mass is 9.91. The van der Waals surface area contributed by atoms with Crippen molar-refractivity contribution in [3.05, 3.63) is 28.8 Å². The molecule has 0 radical (unpaired) electrons. The predicted molar refractivity (Wildman–Crippen MR) is 78.7 cm³/mol. The van der Waals surface area contributed by atoms with Crippen LogP contribution in [0, 0.1) is 6.92 Å². The molecule has 0 aliphatic rings. The number of unbranched alkanes of at least 4 members (excludes halogenated alkanes) is 1. The average molecular weight is 392 g/mol. The summed E-state index contributed by atoms with van der Waals surface area (Å²) >= 11 is 0.586. The molecule has 0 saturated heterocycles. The number of hydrogen-bond acceptors (Lipinski definition) is 2. The maximum absolute atomic E-state index is 14.4. The highest BCUT2D eigenvalue weighted by molar-refractivity contribution is 7.99. The summed E-state index contributed by atoms with van der Waals surface area (Å²) in [5.41, 5.74) is -8.02. The standard InChI is InChI=1S/C15H15F7O2S/c1-3-4-7-25-11-8(2)9(12(23)24)5-6-10(11)13(16,14(17,18)19)15(20,21)22/h5-6H,3-4,7H2,1-2H3,(H,23,24). The number of benzene rings is 1. The Balaban J connectivity index is 3.71. The fourth-order valence-electron chi connectivity index (χ4n) is 2.17. The molecule has 10 heteroatoms. The van der Waals surface area contributed by atoms with Crippen LogP contribution in [0.4, 0.5) is 30.7 Å². The number of hydrogen-bond donors (Lipinski definition) is 1. The molecular weight excluding hydrogens is 377 g/mol. The predicted octanol–water partition coefficient (Wildman–Crippen LogP) is 5.87. The molecule has 0 heterocycles. The molecular formula is C15H15F7O2S. The minimum absolute atomic E-state index is 0.124. The second kappa shape index (κ2) is 7.43. The minimum Gasteiger partial charge on any atom is -0.478 e. The summed E-state index contributed by atoms with van der Waals surface area (Å²) in [6.07, 6.45) is -11.4. The number of alkyl halides is 7. The first-order chi connectivity index (χ1) is 11.3. The molecule has 0 unspecified atom stereocenters. The number of carboxylic acids is 1. The lowest BCUT2D eigenvalue weighted by Crippen LogP contribution is -2.50. The normalized spacial score (nSPS) is 13.2. The summed E-state index contributed by atoms with van der Waals surface area (Å²) in [7, 11) is 0. The average Bonchev–Trinajstić information content (AvgIpc) is 2.45. The Morgan fingerprint density at radius 1 is 1.08 bits per heavy atom. The molecule has 0 aromatic heterocycles. The van der Waals surface area contributed by atoms with Crippen LogP contribution in [0.2, 0.25) is 0 Å². The Morgan fingerprint density at radius 2 is 1.60 bits per heavy atom. The van der Waals surface area contributed by atoms with E-state index in [1.165, 1.54) is 0 Å². The van der Waals surface area contributed by atoms with Gasteiger partial charge >= 0.3 is 24.0 Å². The van der Waals surface area contributed by atoms with Crippen LogP contribution in [0.5, 0.6) is 0 Å². The van der Waals surface area contributed by atoms with E-state index in [2.05, 4.69) is 0 Å². The Bertz CT molecular complexity index is 624. The minimum atomic E-state index is -6.25. The van der Waals surface area contributed by atoms with Gasteiger partial charge in [-0.2, -0.15) is 26.3 Å². The summed E-state index contributed by atoms with van der Waals surface area (Å²) in [5.74, 6) is -1.40. The number of thioether (sulfide) groups is 1. The number of rotatable bonds is 6. The van der Waals surface area contributed by atoms with Gasteiger partial charge in [-0.3, -0.25) is 0 Å². The van der Waals surface area contributed by atoms with E-state index in [1.54, 1.807) is 6.92 Å². The highest BCUT2D eigenvalue weighted by atomic mass is 32.2. The first-order valence-corrected chi connectivity index (χ1v) is 8.10. The maximum Gasteiger partial charge on any atom is 0.435 e. The Labute approximate surface area is 143 Å². The van der Waals surface area contributed by atoms with E-state index in [1.807, 2.05) is 0 Å². The Morgan fingerprint density at radius 3 is 2.00 bits per heavy atom. The number of aromatic carboxylic acids is 1. The van der Waals surface area contributed by atoms with E-state index in [0.29, 0.717) is 30.7 Å². The molecule has 2 nitrogen and oxygen atoms in total. The van der Waals surface area contributed by atoms with Crippen LogP contribution in [0.3, 0.4) is 0 Å². The highest BCUT2D eigenvalue weighted by Crippen LogP contribution is 2.55. The van der Waals surface area contributed by atoms with Gasteiger partial charge < -0.3 is 5.11 Å². The third kappa shape index (κ3) is 4.04. The molecule has 1 aromatic carbocycles. The van der Waals surface area contributed by atoms with Crippen molar-refractivity contribution in [1.82, 2.24) is 0 Å². The fraction of sp³-hybridized carbons (Fsp3) is 0.533. The van der Waals surface area contributed by atoms with Gasteiger partial charge in [0, 0.05) is 10.5 Å². The number of carbonyl (C=O) groups is 1. The number of carboxylic acid groups (broad SMARTS) is 1. The molecule has 0 bridgehead atoms. The monoisotopic (exact) mass is 392 g/mol. The van der Waals surface area contributed by atoms with Gasteiger partial charge in [0.2, 0.25) is 0 Å². The molecule has 1 aromatic rings. The zero-order valence-corrected chi connectivity index (χ0v) is 14.0. The van der Waals surface area contributed by atoms with E-state index < -0.39 is 40.0 Å². The first-order valence-electron chi connectivity index (χ1n) is 7.11. The fourth-order valence-corrected chi connectivity index (χ4v) is 3.49. The van der Waals surface area contributed by atoms with Crippen LogP contribution in [-0.4, -0.2) is 29.2 Å². The van der Waals surface area contributed by atoms with Gasteiger partial charge in [-0.05, 0) is 30.7 Å². The third-order valence-electron chi connectivity index (χ3n) is 3.53. The van der Waals surface area contributed by atoms with Crippen molar-refractivity contribution in [3.8, 4) is 0 Å². The molecule has 1 rings (SSSR count). The van der Waals surface area contributed by atoms with Gasteiger partial charge in [-0.1, -0.05) is 19.4 Å². The van der Waals surface area contributed by atoms with E-state index in [4.69, 9.17) is 5.11 Å². The molecule has 0 aliphatic carbocycles. The molecule has 0 atom stereocenters. The molecule has 0 saturated carbocycles. The van der Waals surface area contributed by atoms with E-state index >= 15 is 0 Å². The molecule has 0 spiro atoms. The van der Waals surface area contributed by atoms with Crippen LogP contribution in [-0.2, 0) is 5.67 Å². The van der Waals surface area contributed by atoms with E-state index in [0.717, 1.165) is 6.92 Å². The molecule has 0 fully saturated rings. The van der Waals surface area contributed by atoms with Crippen LogP contribution in [0.25, 0.3) is 0 Å². The van der Waals surface area contributed by atoms with Crippen molar-refractivity contribution in [3.63, 3.8) is 0 Å². The van der Waals surface area contributed by atoms with Crippen molar-refractivity contribution in [2.24, 2.45) is 0 Å². The van der Waals surface area contributed by atoms with Crippen molar-refractivity contribution in [1.29, 1.82) is 0 Å². The molecule has 1 N–H and O–H groups in total. The lowest BCUT2D eigenvalue weighted by molar-refractivity contribution is -0.349. The highest BCUT2D eigenvalue weighted by Gasteiger charge is 2.74. The summed E-state index contributed by atoms with van der Waals surface area (Å²) in [5, 5.41) is 9.03. The molecule has 0 amide bonds. The van der Waals surface area contributed by atoms with Crippen molar-refractivity contribution in [2.45, 2.75) is 49.6 Å². The Hall–Kier alpha value is -1.45. The largest absolute Gasteiger partial charge is 0.478 e. The third-order valence-corrected chi connectivity index (χ3v) is 4.84. The molecule has 25 heavy (non-hydrogen) atoms. The van der Waals surface area contributed by atoms with Gasteiger partial charge in [0.05, 0.1) is 5.56 Å². The second-order valence-electron chi connectivity index (χ2n) is 5.28. The zero-order chi connectivity index (χ0) is 19.6. The van der Waals surface area contributed by atoms with E-state index in [9.17, 15) is 35.5 Å². The van der Waals surface area contributed by atoms with Gasteiger partial charge in [-0.15, -0.1) is 11.8 Å². The van der Waals surface area contributed by atoms with Crippen LogP contribution < -0.4 is 0 Å². The summed E-state index contributed by atoms with van der Waals surface area (Å²) in [6.45, 7) is 2.82. The van der Waals surface area contributed by atoms with Crippen LogP contribution in [0.1, 0.15) is 41.3 Å². The summed E-state index contributed by atoms with van der Waals surface area (Å²) < 4.78 is 92.6. The molecule has 142 valence electrons. The van der Waals surface area contributed by atoms with Gasteiger partial charge in [0.1, 0.15) is 0 Å². The van der Waals surface area contributed by atoms with Crippen LogP contribution in [0.15, 0.2) is 17.0 Å².